The van der Waals surface area contributed by atoms with Crippen LogP contribution in [0.25, 0.3) is 0 Å². The Morgan fingerprint density at radius 1 is 0.758 bits per heavy atom. The lowest BCUT2D eigenvalue weighted by atomic mass is 9.75. The van der Waals surface area contributed by atoms with Crippen LogP contribution >= 0.6 is 0 Å². The van der Waals surface area contributed by atoms with Crippen molar-refractivity contribution in [2.75, 3.05) is 6.54 Å². The van der Waals surface area contributed by atoms with Crippen LogP contribution in [-0.4, -0.2) is 46.6 Å². The molecule has 8 heteroatoms. The number of nitrogens with one attached hydrogen (secondary N) is 2. The number of rotatable bonds is 6. The number of carbonyl (C=O) groups excluding carboxylic acids is 2. The smallest absolute Gasteiger partial charge is 0.325 e. The number of carbonyl (C=O) groups is 4. The summed E-state index contributed by atoms with van der Waals surface area (Å²) in [7, 11) is 0. The summed E-state index contributed by atoms with van der Waals surface area (Å²) in [5.74, 6) is 2.87. The van der Waals surface area contributed by atoms with Crippen molar-refractivity contribution < 1.29 is 29.4 Å². The number of carboxylic acid groups (broad SMARTS) is 2. The molecule has 4 bridgehead atoms. The zero-order valence-electron chi connectivity index (χ0n) is 20.4. The van der Waals surface area contributed by atoms with Gasteiger partial charge >= 0.3 is 11.9 Å². The number of hydrogen-bond donors (Lipinski definition) is 4. The van der Waals surface area contributed by atoms with Crippen molar-refractivity contribution in [3.05, 3.63) is 0 Å². The lowest BCUT2D eigenvalue weighted by molar-refractivity contribution is -0.142. The van der Waals surface area contributed by atoms with E-state index in [2.05, 4.69) is 38.3 Å². The van der Waals surface area contributed by atoms with Crippen LogP contribution in [0.5, 0.6) is 0 Å². The SMILES string of the molecule is CC(NC(=O)C1CC2CC1C(C)C2C)C(=O)O.CC1C2CC(C(=O)NCC(=O)O)C(C2)C1C. The molecule has 0 aliphatic heterocycles. The highest BCUT2D eigenvalue weighted by Crippen LogP contribution is 2.55. The Kier molecular flexibility index (Phi) is 7.74. The van der Waals surface area contributed by atoms with Gasteiger partial charge in [-0.3, -0.25) is 19.2 Å². The molecule has 33 heavy (non-hydrogen) atoms. The topological polar surface area (TPSA) is 133 Å². The van der Waals surface area contributed by atoms with Crippen LogP contribution in [0.15, 0.2) is 0 Å². The average molecular weight is 465 g/mol. The Balaban J connectivity index is 0.000000186. The van der Waals surface area contributed by atoms with Gasteiger partial charge in [-0.1, -0.05) is 27.7 Å². The highest BCUT2D eigenvalue weighted by atomic mass is 16.4. The third kappa shape index (κ3) is 5.19. The lowest BCUT2D eigenvalue weighted by Gasteiger charge is -2.31. The van der Waals surface area contributed by atoms with E-state index in [9.17, 15) is 19.2 Å². The summed E-state index contributed by atoms with van der Waals surface area (Å²) in [6.45, 7) is 10.2. The van der Waals surface area contributed by atoms with Crippen LogP contribution in [-0.2, 0) is 19.2 Å². The molecule has 2 amide bonds. The average Bonchev–Trinajstić information content (AvgIpc) is 3.50. The van der Waals surface area contributed by atoms with E-state index >= 15 is 0 Å². The molecular weight excluding hydrogens is 424 g/mol. The standard InChI is InChI=1S/C13H21NO3.C12H19NO3/c1-6-7(2)10-4-9(6)5-11(10)12(15)14-8(3)13(16)17;1-6-7(2)9-3-8(6)4-10(9)12(16)13-5-11(14)15/h6-11H,4-5H2,1-3H3,(H,14,15)(H,16,17);6-10H,3-5H2,1-2H3,(H,13,16)(H,14,15). The minimum atomic E-state index is -0.974. The second kappa shape index (κ2) is 10.0. The molecule has 4 saturated carbocycles. The Bertz CT molecular complexity index is 781. The first-order valence-corrected chi connectivity index (χ1v) is 12.4. The molecule has 4 fully saturated rings. The summed E-state index contributed by atoms with van der Waals surface area (Å²) < 4.78 is 0. The van der Waals surface area contributed by atoms with Crippen molar-refractivity contribution in [2.45, 2.75) is 66.3 Å². The molecule has 0 aromatic heterocycles. The fraction of sp³-hybridized carbons (Fsp3) is 0.840. The Hall–Kier alpha value is -2.12. The summed E-state index contributed by atoms with van der Waals surface area (Å²) >= 11 is 0. The first kappa shape index (κ1) is 25.5. The van der Waals surface area contributed by atoms with Gasteiger partial charge in [0.25, 0.3) is 0 Å². The largest absolute Gasteiger partial charge is 0.480 e. The third-order valence-corrected chi connectivity index (χ3v) is 9.61. The van der Waals surface area contributed by atoms with Gasteiger partial charge in [-0.25, -0.2) is 0 Å². The molecule has 0 spiro atoms. The highest BCUT2D eigenvalue weighted by Gasteiger charge is 2.52. The molecule has 11 unspecified atom stereocenters. The molecule has 4 aliphatic carbocycles. The first-order valence-electron chi connectivity index (χ1n) is 12.4. The predicted molar refractivity (Wildman–Crippen MR) is 122 cm³/mol. The molecule has 4 aliphatic rings. The number of aliphatic carboxylic acids is 2. The van der Waals surface area contributed by atoms with E-state index in [0.29, 0.717) is 47.3 Å². The van der Waals surface area contributed by atoms with Gasteiger partial charge in [0.05, 0.1) is 0 Å². The van der Waals surface area contributed by atoms with Crippen LogP contribution in [0.1, 0.15) is 60.3 Å². The van der Waals surface area contributed by atoms with Gasteiger partial charge in [-0.2, -0.15) is 0 Å². The summed E-state index contributed by atoms with van der Waals surface area (Å²) in [5.41, 5.74) is 0. The molecule has 186 valence electrons. The van der Waals surface area contributed by atoms with Gasteiger partial charge < -0.3 is 20.8 Å². The molecule has 11 atom stereocenters. The number of fused-ring (bicyclic) bond motifs is 4. The monoisotopic (exact) mass is 464 g/mol. The molecule has 0 aromatic carbocycles. The van der Waals surface area contributed by atoms with Crippen molar-refractivity contribution in [3.63, 3.8) is 0 Å². The number of amides is 2. The van der Waals surface area contributed by atoms with Crippen LogP contribution in [0.2, 0.25) is 0 Å². The van der Waals surface area contributed by atoms with Crippen LogP contribution in [0, 0.1) is 59.2 Å². The molecule has 0 radical (unpaired) electrons. The van der Waals surface area contributed by atoms with Crippen molar-refractivity contribution in [2.24, 2.45) is 59.2 Å². The molecule has 0 heterocycles. The minimum absolute atomic E-state index is 0.0352. The van der Waals surface area contributed by atoms with Gasteiger partial charge in [-0.15, -0.1) is 0 Å². The quantitative estimate of drug-likeness (QED) is 0.478. The second-order valence-electron chi connectivity index (χ2n) is 11.1. The zero-order chi connectivity index (χ0) is 24.6. The molecular formula is C25H40N2O6. The van der Waals surface area contributed by atoms with Gasteiger partial charge in [0, 0.05) is 11.8 Å². The zero-order valence-corrected chi connectivity index (χ0v) is 20.4. The van der Waals surface area contributed by atoms with Crippen LogP contribution in [0.4, 0.5) is 0 Å². The third-order valence-electron chi connectivity index (χ3n) is 9.61. The van der Waals surface area contributed by atoms with Crippen LogP contribution in [0.3, 0.4) is 0 Å². The molecule has 4 N–H and O–H groups in total. The Morgan fingerprint density at radius 2 is 1.21 bits per heavy atom. The summed E-state index contributed by atoms with van der Waals surface area (Å²) in [4.78, 5) is 44.9. The van der Waals surface area contributed by atoms with E-state index in [1.54, 1.807) is 0 Å². The Labute approximate surface area is 196 Å². The number of carboxylic acids is 2. The summed E-state index contributed by atoms with van der Waals surface area (Å²) in [6.07, 6.45) is 4.17. The van der Waals surface area contributed by atoms with Gasteiger partial charge in [0.1, 0.15) is 12.6 Å². The number of hydrogen-bond acceptors (Lipinski definition) is 4. The molecule has 8 nitrogen and oxygen atoms in total. The van der Waals surface area contributed by atoms with Crippen molar-refractivity contribution in [1.82, 2.24) is 10.6 Å². The predicted octanol–water partition coefficient (Wildman–Crippen LogP) is 2.62. The van der Waals surface area contributed by atoms with E-state index < -0.39 is 18.0 Å². The van der Waals surface area contributed by atoms with E-state index in [4.69, 9.17) is 10.2 Å². The van der Waals surface area contributed by atoms with E-state index in [1.807, 2.05) is 0 Å². The maximum absolute atomic E-state index is 12.0. The minimum Gasteiger partial charge on any atom is -0.480 e. The summed E-state index contributed by atoms with van der Waals surface area (Å²) in [6, 6.07) is -0.783. The molecule has 0 aromatic rings. The van der Waals surface area contributed by atoms with Crippen molar-refractivity contribution >= 4 is 23.8 Å². The Morgan fingerprint density at radius 3 is 1.58 bits per heavy atom. The maximum Gasteiger partial charge on any atom is 0.325 e. The maximum atomic E-state index is 12.0. The van der Waals surface area contributed by atoms with Crippen molar-refractivity contribution in [1.29, 1.82) is 0 Å². The summed E-state index contributed by atoms with van der Waals surface area (Å²) in [5, 5.41) is 22.4. The van der Waals surface area contributed by atoms with E-state index in [-0.39, 0.29) is 30.2 Å². The molecule has 0 saturated heterocycles. The van der Waals surface area contributed by atoms with E-state index in [1.165, 1.54) is 6.92 Å². The van der Waals surface area contributed by atoms with Crippen LogP contribution < -0.4 is 10.6 Å². The fourth-order valence-corrected chi connectivity index (χ4v) is 7.16. The van der Waals surface area contributed by atoms with Gasteiger partial charge in [0.15, 0.2) is 0 Å². The van der Waals surface area contributed by atoms with Gasteiger partial charge in [-0.05, 0) is 80.0 Å². The lowest BCUT2D eigenvalue weighted by Crippen LogP contribution is -2.44. The van der Waals surface area contributed by atoms with Gasteiger partial charge in [0.2, 0.25) is 11.8 Å². The second-order valence-corrected chi connectivity index (χ2v) is 11.1. The fourth-order valence-electron chi connectivity index (χ4n) is 7.16. The molecule has 4 rings (SSSR count). The normalized spacial score (nSPS) is 41.1. The first-order chi connectivity index (χ1) is 15.4. The van der Waals surface area contributed by atoms with Crippen molar-refractivity contribution in [3.8, 4) is 0 Å². The highest BCUT2D eigenvalue weighted by molar-refractivity contribution is 5.85. The van der Waals surface area contributed by atoms with E-state index in [0.717, 1.165) is 25.7 Å².